The van der Waals surface area contributed by atoms with E-state index in [9.17, 15) is 0 Å². The second-order valence-electron chi connectivity index (χ2n) is 3.18. The molecular formula is C8H10N4OS. The fraction of sp³-hybridized carbons (Fsp3) is 0.375. The van der Waals surface area contributed by atoms with Crippen molar-refractivity contribution in [2.24, 2.45) is 0 Å². The fourth-order valence-electron chi connectivity index (χ4n) is 0.956. The zero-order chi connectivity index (χ0) is 10.1. The normalized spacial score (nSPS) is 11.1. The van der Waals surface area contributed by atoms with Crippen molar-refractivity contribution in [3.8, 4) is 10.8 Å². The van der Waals surface area contributed by atoms with Gasteiger partial charge in [0.2, 0.25) is 0 Å². The van der Waals surface area contributed by atoms with Gasteiger partial charge in [0.25, 0.3) is 5.89 Å². The van der Waals surface area contributed by atoms with Crippen molar-refractivity contribution >= 4 is 16.5 Å². The van der Waals surface area contributed by atoms with Gasteiger partial charge in [-0.2, -0.15) is 4.98 Å². The molecule has 2 aromatic rings. The van der Waals surface area contributed by atoms with Crippen LogP contribution in [0, 0.1) is 0 Å². The average Bonchev–Trinajstić information content (AvgIpc) is 2.70. The molecule has 0 saturated carbocycles. The molecule has 0 saturated heterocycles. The molecule has 0 atom stereocenters. The summed E-state index contributed by atoms with van der Waals surface area (Å²) in [5.41, 5.74) is 5.50. The molecule has 2 N–H and O–H groups in total. The summed E-state index contributed by atoms with van der Waals surface area (Å²) >= 11 is 1.34. The van der Waals surface area contributed by atoms with E-state index < -0.39 is 0 Å². The van der Waals surface area contributed by atoms with Gasteiger partial charge in [-0.3, -0.25) is 0 Å². The lowest BCUT2D eigenvalue weighted by Gasteiger charge is -1.91. The SMILES string of the molecule is CC(C)c1noc(-c2cnc(N)s2)n1. The lowest BCUT2D eigenvalue weighted by molar-refractivity contribution is 0.420. The Morgan fingerprint density at radius 1 is 1.50 bits per heavy atom. The second-order valence-corrected chi connectivity index (χ2v) is 4.24. The smallest absolute Gasteiger partial charge is 0.269 e. The molecule has 0 radical (unpaired) electrons. The van der Waals surface area contributed by atoms with E-state index in [2.05, 4.69) is 15.1 Å². The average molecular weight is 210 g/mol. The van der Waals surface area contributed by atoms with E-state index in [1.807, 2.05) is 13.8 Å². The third-order valence-corrected chi connectivity index (χ3v) is 2.51. The van der Waals surface area contributed by atoms with Crippen LogP contribution >= 0.6 is 11.3 Å². The van der Waals surface area contributed by atoms with Crippen molar-refractivity contribution in [1.82, 2.24) is 15.1 Å². The molecular weight excluding hydrogens is 200 g/mol. The number of aromatic nitrogens is 3. The van der Waals surface area contributed by atoms with Crippen LogP contribution in [0.25, 0.3) is 10.8 Å². The number of anilines is 1. The Morgan fingerprint density at radius 3 is 2.79 bits per heavy atom. The molecule has 0 spiro atoms. The van der Waals surface area contributed by atoms with Crippen LogP contribution in [0.2, 0.25) is 0 Å². The van der Waals surface area contributed by atoms with Crippen LogP contribution in [0.4, 0.5) is 5.13 Å². The fourth-order valence-corrected chi connectivity index (χ4v) is 1.56. The van der Waals surface area contributed by atoms with Crippen LogP contribution in [-0.4, -0.2) is 15.1 Å². The maximum atomic E-state index is 5.50. The van der Waals surface area contributed by atoms with Crippen LogP contribution < -0.4 is 5.73 Å². The van der Waals surface area contributed by atoms with Crippen LogP contribution in [-0.2, 0) is 0 Å². The Bertz CT molecular complexity index is 434. The molecule has 2 rings (SSSR count). The monoisotopic (exact) mass is 210 g/mol. The molecule has 2 aromatic heterocycles. The van der Waals surface area contributed by atoms with E-state index in [1.165, 1.54) is 11.3 Å². The largest absolute Gasteiger partial charge is 0.375 e. The molecule has 0 aromatic carbocycles. The van der Waals surface area contributed by atoms with E-state index >= 15 is 0 Å². The van der Waals surface area contributed by atoms with Gasteiger partial charge in [0, 0.05) is 5.92 Å². The van der Waals surface area contributed by atoms with Crippen molar-refractivity contribution in [3.05, 3.63) is 12.0 Å². The topological polar surface area (TPSA) is 77.8 Å². The van der Waals surface area contributed by atoms with Crippen molar-refractivity contribution < 1.29 is 4.52 Å². The third-order valence-electron chi connectivity index (χ3n) is 1.69. The number of hydrogen-bond acceptors (Lipinski definition) is 6. The number of thiazole rings is 1. The Labute approximate surface area is 85.0 Å². The lowest BCUT2D eigenvalue weighted by Crippen LogP contribution is -1.88. The summed E-state index contributed by atoms with van der Waals surface area (Å²) in [4.78, 5) is 8.95. The first kappa shape index (κ1) is 9.14. The molecule has 74 valence electrons. The third kappa shape index (κ3) is 1.60. The summed E-state index contributed by atoms with van der Waals surface area (Å²) < 4.78 is 5.08. The number of nitrogens with zero attached hydrogens (tertiary/aromatic N) is 3. The molecule has 14 heavy (non-hydrogen) atoms. The van der Waals surface area contributed by atoms with Gasteiger partial charge in [0.05, 0.1) is 6.20 Å². The first-order valence-electron chi connectivity index (χ1n) is 4.22. The van der Waals surface area contributed by atoms with Gasteiger partial charge in [-0.1, -0.05) is 30.3 Å². The highest BCUT2D eigenvalue weighted by atomic mass is 32.1. The van der Waals surface area contributed by atoms with Gasteiger partial charge in [0.1, 0.15) is 4.88 Å². The molecule has 0 aliphatic carbocycles. The molecule has 0 unspecified atom stereocenters. The Morgan fingerprint density at radius 2 is 2.29 bits per heavy atom. The summed E-state index contributed by atoms with van der Waals surface area (Å²) in [6.45, 7) is 4.02. The summed E-state index contributed by atoms with van der Waals surface area (Å²) in [6.07, 6.45) is 1.64. The Balaban J connectivity index is 2.33. The minimum Gasteiger partial charge on any atom is -0.375 e. The van der Waals surface area contributed by atoms with Gasteiger partial charge in [-0.15, -0.1) is 0 Å². The quantitative estimate of drug-likeness (QED) is 0.819. The summed E-state index contributed by atoms with van der Waals surface area (Å²) in [7, 11) is 0. The summed E-state index contributed by atoms with van der Waals surface area (Å²) in [5.74, 6) is 1.45. The van der Waals surface area contributed by atoms with Crippen molar-refractivity contribution in [1.29, 1.82) is 0 Å². The zero-order valence-corrected chi connectivity index (χ0v) is 8.71. The van der Waals surface area contributed by atoms with E-state index in [0.29, 0.717) is 16.8 Å². The molecule has 0 aliphatic heterocycles. The van der Waals surface area contributed by atoms with Gasteiger partial charge in [0.15, 0.2) is 11.0 Å². The predicted octanol–water partition coefficient (Wildman–Crippen LogP) is 1.90. The Kier molecular flexibility index (Phi) is 2.20. The Hall–Kier alpha value is -1.43. The standard InChI is InChI=1S/C8H10N4OS/c1-4(2)6-11-7(13-12-6)5-3-10-8(9)14-5/h3-4H,1-2H3,(H2,9,10). The summed E-state index contributed by atoms with van der Waals surface area (Å²) in [5, 5.41) is 4.36. The molecule has 0 fully saturated rings. The van der Waals surface area contributed by atoms with Crippen LogP contribution in [0.1, 0.15) is 25.6 Å². The highest BCUT2D eigenvalue weighted by molar-refractivity contribution is 7.18. The maximum Gasteiger partial charge on any atom is 0.269 e. The van der Waals surface area contributed by atoms with Crippen molar-refractivity contribution in [3.63, 3.8) is 0 Å². The maximum absolute atomic E-state index is 5.50. The molecule has 5 nitrogen and oxygen atoms in total. The molecule has 0 bridgehead atoms. The number of rotatable bonds is 2. The van der Waals surface area contributed by atoms with Gasteiger partial charge in [-0.25, -0.2) is 4.98 Å². The van der Waals surface area contributed by atoms with Gasteiger partial charge < -0.3 is 10.3 Å². The lowest BCUT2D eigenvalue weighted by atomic mass is 10.2. The number of hydrogen-bond donors (Lipinski definition) is 1. The molecule has 0 amide bonds. The van der Waals surface area contributed by atoms with E-state index in [-0.39, 0.29) is 5.92 Å². The van der Waals surface area contributed by atoms with E-state index in [0.717, 1.165) is 4.88 Å². The highest BCUT2D eigenvalue weighted by Crippen LogP contribution is 2.26. The first-order valence-corrected chi connectivity index (χ1v) is 5.03. The van der Waals surface area contributed by atoms with Crippen LogP contribution in [0.3, 0.4) is 0 Å². The second kappa shape index (κ2) is 3.38. The summed E-state index contributed by atoms with van der Waals surface area (Å²) in [6, 6.07) is 0. The molecule has 0 aliphatic rings. The molecule has 2 heterocycles. The zero-order valence-electron chi connectivity index (χ0n) is 7.89. The van der Waals surface area contributed by atoms with Crippen LogP contribution in [0.5, 0.6) is 0 Å². The van der Waals surface area contributed by atoms with E-state index in [4.69, 9.17) is 10.3 Å². The predicted molar refractivity (Wildman–Crippen MR) is 53.9 cm³/mol. The molecule has 6 heteroatoms. The first-order chi connectivity index (χ1) is 6.66. The van der Waals surface area contributed by atoms with Crippen molar-refractivity contribution in [2.45, 2.75) is 19.8 Å². The minimum atomic E-state index is 0.262. The van der Waals surface area contributed by atoms with Gasteiger partial charge >= 0.3 is 0 Å². The van der Waals surface area contributed by atoms with Crippen molar-refractivity contribution in [2.75, 3.05) is 5.73 Å². The number of nitrogens with two attached hydrogens (primary N) is 1. The minimum absolute atomic E-state index is 0.262. The van der Waals surface area contributed by atoms with Gasteiger partial charge in [-0.05, 0) is 0 Å². The van der Waals surface area contributed by atoms with E-state index in [1.54, 1.807) is 6.20 Å². The van der Waals surface area contributed by atoms with Crippen LogP contribution in [0.15, 0.2) is 10.7 Å². The highest BCUT2D eigenvalue weighted by Gasteiger charge is 2.13. The number of nitrogen functional groups attached to an aromatic ring is 1.